The lowest BCUT2D eigenvalue weighted by atomic mass is 9.90. The number of nitrogens with one attached hydrogen (secondary N) is 1. The summed E-state index contributed by atoms with van der Waals surface area (Å²) in [5.41, 5.74) is 0.912. The Balaban J connectivity index is 1.80. The summed E-state index contributed by atoms with van der Waals surface area (Å²) in [6.45, 7) is 0. The van der Waals surface area contributed by atoms with Gasteiger partial charge in [0.25, 0.3) is 0 Å². The van der Waals surface area contributed by atoms with Crippen molar-refractivity contribution < 1.29 is 9.50 Å². The molecule has 90 valence electrons. The molecular formula is C13H15FN2O. The molecule has 1 aliphatic carbocycles. The number of hydrogen-bond acceptors (Lipinski definition) is 3. The fourth-order valence-electron chi connectivity index (χ4n) is 2.59. The summed E-state index contributed by atoms with van der Waals surface area (Å²) in [6.07, 6.45) is 2.28. The van der Waals surface area contributed by atoms with Gasteiger partial charge in [-0.25, -0.2) is 4.39 Å². The molecule has 1 aromatic rings. The predicted octanol–water partition coefficient (Wildman–Crippen LogP) is 1.46. The van der Waals surface area contributed by atoms with E-state index in [1.807, 2.05) is 0 Å². The number of fused-ring (bicyclic) bond motifs is 1. The van der Waals surface area contributed by atoms with E-state index in [-0.39, 0.29) is 24.0 Å². The minimum Gasteiger partial charge on any atom is -0.393 e. The minimum absolute atomic E-state index is 0.216. The average molecular weight is 234 g/mol. The molecule has 3 nitrogen and oxygen atoms in total. The van der Waals surface area contributed by atoms with E-state index in [9.17, 15) is 9.50 Å². The second-order valence-electron chi connectivity index (χ2n) is 4.77. The second kappa shape index (κ2) is 4.11. The smallest absolute Gasteiger partial charge is 0.128 e. The quantitative estimate of drug-likeness (QED) is 0.772. The predicted molar refractivity (Wildman–Crippen MR) is 63.5 cm³/mol. The molecule has 3 atom stereocenters. The Morgan fingerprint density at radius 2 is 2.00 bits per heavy atom. The van der Waals surface area contributed by atoms with Crippen molar-refractivity contribution in [3.05, 3.63) is 35.6 Å². The second-order valence-corrected chi connectivity index (χ2v) is 4.77. The highest BCUT2D eigenvalue weighted by Gasteiger charge is 2.34. The Bertz CT molecular complexity index is 443. The van der Waals surface area contributed by atoms with Gasteiger partial charge in [-0.2, -0.15) is 0 Å². The van der Waals surface area contributed by atoms with Crippen molar-refractivity contribution in [2.24, 2.45) is 4.99 Å². The molecule has 0 amide bonds. The van der Waals surface area contributed by atoms with Crippen LogP contribution in [0.25, 0.3) is 0 Å². The molecule has 1 fully saturated rings. The molecular weight excluding hydrogens is 219 g/mol. The van der Waals surface area contributed by atoms with Gasteiger partial charge in [0.1, 0.15) is 11.7 Å². The molecule has 0 bridgehead atoms. The van der Waals surface area contributed by atoms with E-state index in [1.165, 1.54) is 12.1 Å². The van der Waals surface area contributed by atoms with Crippen molar-refractivity contribution in [3.8, 4) is 0 Å². The Hall–Kier alpha value is -1.42. The molecule has 0 spiro atoms. The van der Waals surface area contributed by atoms with Crippen LogP contribution in [-0.4, -0.2) is 29.1 Å². The summed E-state index contributed by atoms with van der Waals surface area (Å²) in [5, 5.41) is 12.9. The van der Waals surface area contributed by atoms with Gasteiger partial charge in [0.2, 0.25) is 0 Å². The van der Waals surface area contributed by atoms with Crippen molar-refractivity contribution in [3.63, 3.8) is 0 Å². The van der Waals surface area contributed by atoms with Crippen LogP contribution in [0.4, 0.5) is 4.39 Å². The zero-order valence-electron chi connectivity index (χ0n) is 9.44. The zero-order valence-corrected chi connectivity index (χ0v) is 9.44. The lowest BCUT2D eigenvalue weighted by molar-refractivity contribution is 0.112. The number of amidine groups is 1. The molecule has 1 saturated carbocycles. The van der Waals surface area contributed by atoms with Crippen LogP contribution in [0.3, 0.4) is 0 Å². The molecule has 1 aliphatic heterocycles. The van der Waals surface area contributed by atoms with E-state index in [0.29, 0.717) is 0 Å². The third kappa shape index (κ3) is 2.05. The third-order valence-electron chi connectivity index (χ3n) is 3.52. The largest absolute Gasteiger partial charge is 0.393 e. The molecule has 17 heavy (non-hydrogen) atoms. The first-order valence-corrected chi connectivity index (χ1v) is 6.01. The monoisotopic (exact) mass is 234 g/mol. The Morgan fingerprint density at radius 3 is 2.76 bits per heavy atom. The molecule has 0 aromatic heterocycles. The average Bonchev–Trinajstić information content (AvgIpc) is 2.72. The lowest BCUT2D eigenvalue weighted by Gasteiger charge is -2.27. The van der Waals surface area contributed by atoms with E-state index in [4.69, 9.17) is 0 Å². The van der Waals surface area contributed by atoms with Crippen molar-refractivity contribution in [2.75, 3.05) is 0 Å². The van der Waals surface area contributed by atoms with E-state index in [2.05, 4.69) is 10.3 Å². The summed E-state index contributed by atoms with van der Waals surface area (Å²) < 4.78 is 12.8. The lowest BCUT2D eigenvalue weighted by Crippen LogP contribution is -2.41. The van der Waals surface area contributed by atoms with Gasteiger partial charge in [0.05, 0.1) is 18.2 Å². The van der Waals surface area contributed by atoms with Gasteiger partial charge in [-0.1, -0.05) is 0 Å². The van der Waals surface area contributed by atoms with Crippen LogP contribution < -0.4 is 5.32 Å². The van der Waals surface area contributed by atoms with Crippen LogP contribution >= 0.6 is 0 Å². The van der Waals surface area contributed by atoms with E-state index < -0.39 is 0 Å². The molecule has 4 heteroatoms. The first-order chi connectivity index (χ1) is 8.22. The zero-order chi connectivity index (χ0) is 11.8. The van der Waals surface area contributed by atoms with E-state index in [1.54, 1.807) is 12.1 Å². The fraction of sp³-hybridized carbons (Fsp3) is 0.462. The number of halogens is 1. The van der Waals surface area contributed by atoms with Gasteiger partial charge in [-0.15, -0.1) is 0 Å². The first-order valence-electron chi connectivity index (χ1n) is 6.01. The fourth-order valence-corrected chi connectivity index (χ4v) is 2.59. The van der Waals surface area contributed by atoms with Gasteiger partial charge in [0, 0.05) is 5.56 Å². The number of rotatable bonds is 1. The standard InChI is InChI=1S/C13H15FN2O/c14-9-3-1-8(2-4-9)13-15-11-6-5-10(17)7-12(11)16-13/h1-4,10-12,17H,5-7H2,(H,15,16). The number of aliphatic imine (C=N–C) groups is 1. The summed E-state index contributed by atoms with van der Waals surface area (Å²) in [6, 6.07) is 6.84. The highest BCUT2D eigenvalue weighted by Crippen LogP contribution is 2.26. The third-order valence-corrected chi connectivity index (χ3v) is 3.52. The summed E-state index contributed by atoms with van der Waals surface area (Å²) in [5.74, 6) is 0.592. The van der Waals surface area contributed by atoms with Crippen LogP contribution in [0.5, 0.6) is 0 Å². The summed E-state index contributed by atoms with van der Waals surface area (Å²) in [4.78, 5) is 4.62. The molecule has 2 N–H and O–H groups in total. The van der Waals surface area contributed by atoms with E-state index >= 15 is 0 Å². The van der Waals surface area contributed by atoms with Crippen LogP contribution in [0.15, 0.2) is 29.3 Å². The molecule has 1 aromatic carbocycles. The Kier molecular flexibility index (Phi) is 2.59. The van der Waals surface area contributed by atoms with Gasteiger partial charge in [-0.05, 0) is 43.5 Å². The van der Waals surface area contributed by atoms with Crippen LogP contribution in [-0.2, 0) is 0 Å². The molecule has 2 aliphatic rings. The van der Waals surface area contributed by atoms with Gasteiger partial charge in [-0.3, -0.25) is 4.99 Å². The highest BCUT2D eigenvalue weighted by molar-refractivity contribution is 6.00. The summed E-state index contributed by atoms with van der Waals surface area (Å²) in [7, 11) is 0. The number of aliphatic hydroxyl groups is 1. The maximum Gasteiger partial charge on any atom is 0.128 e. The molecule has 0 saturated heterocycles. The van der Waals surface area contributed by atoms with Gasteiger partial charge >= 0.3 is 0 Å². The van der Waals surface area contributed by atoms with Crippen LogP contribution in [0, 0.1) is 5.82 Å². The van der Waals surface area contributed by atoms with Crippen molar-refractivity contribution in [1.29, 1.82) is 0 Å². The van der Waals surface area contributed by atoms with Crippen molar-refractivity contribution >= 4 is 5.84 Å². The van der Waals surface area contributed by atoms with Crippen LogP contribution in [0.1, 0.15) is 24.8 Å². The number of nitrogens with zero attached hydrogens (tertiary/aromatic N) is 1. The topological polar surface area (TPSA) is 44.6 Å². The molecule has 0 radical (unpaired) electrons. The SMILES string of the molecule is OC1CCC2N=C(c3ccc(F)cc3)NC2C1. The normalized spacial score (nSPS) is 31.6. The maximum atomic E-state index is 12.8. The maximum absolute atomic E-state index is 12.8. The minimum atomic E-state index is -0.236. The van der Waals surface area contributed by atoms with Gasteiger partial charge in [0.15, 0.2) is 0 Å². The molecule has 3 unspecified atom stereocenters. The van der Waals surface area contributed by atoms with Gasteiger partial charge < -0.3 is 10.4 Å². The van der Waals surface area contributed by atoms with Crippen LogP contribution in [0.2, 0.25) is 0 Å². The van der Waals surface area contributed by atoms with E-state index in [0.717, 1.165) is 30.7 Å². The summed E-state index contributed by atoms with van der Waals surface area (Å²) >= 11 is 0. The highest BCUT2D eigenvalue weighted by atomic mass is 19.1. The first kappa shape index (κ1) is 10.7. The van der Waals surface area contributed by atoms with Crippen molar-refractivity contribution in [1.82, 2.24) is 5.32 Å². The Labute approximate surface area is 99.4 Å². The Morgan fingerprint density at radius 1 is 1.24 bits per heavy atom. The number of hydrogen-bond donors (Lipinski definition) is 2. The number of benzene rings is 1. The number of aliphatic hydroxyl groups excluding tert-OH is 1. The molecule has 1 heterocycles. The van der Waals surface area contributed by atoms with Crippen molar-refractivity contribution in [2.45, 2.75) is 37.5 Å². The molecule has 3 rings (SSSR count).